The molecule has 1 unspecified atom stereocenters. The number of aryl methyl sites for hydroxylation is 2. The van der Waals surface area contributed by atoms with E-state index in [4.69, 9.17) is 5.48 Å². The number of benzene rings is 2. The lowest BCUT2D eigenvalue weighted by molar-refractivity contribution is -0.660. The average Bonchev–Trinajstić information content (AvgIpc) is 2.88. The highest BCUT2D eigenvalue weighted by molar-refractivity contribution is 5.84. The molecule has 1 nitrogen and oxygen atoms in total. The molecule has 0 fully saturated rings. The summed E-state index contributed by atoms with van der Waals surface area (Å²) >= 11 is 0. The topological polar surface area (TPSA) is 3.88 Å². The smallest absolute Gasteiger partial charge is 0.201 e. The number of nitrogens with zero attached hydrogens (tertiary/aromatic N) is 1. The lowest BCUT2D eigenvalue weighted by atomic mass is 9.81. The van der Waals surface area contributed by atoms with Crippen molar-refractivity contribution in [2.24, 2.45) is 7.05 Å². The maximum absolute atomic E-state index is 8.50. The highest BCUT2D eigenvalue weighted by Crippen LogP contribution is 2.50. The van der Waals surface area contributed by atoms with Gasteiger partial charge in [0.15, 0.2) is 6.20 Å². The summed E-state index contributed by atoms with van der Waals surface area (Å²) in [6.07, 6.45) is 1.85. The van der Waals surface area contributed by atoms with E-state index >= 15 is 0 Å². The van der Waals surface area contributed by atoms with Gasteiger partial charge in [-0.25, -0.2) is 4.57 Å². The molecule has 2 aromatic carbocycles. The van der Waals surface area contributed by atoms with Crippen molar-refractivity contribution in [3.63, 3.8) is 0 Å². The van der Waals surface area contributed by atoms with Crippen molar-refractivity contribution in [3.8, 4) is 22.4 Å². The average molecular weight is 347 g/mol. The highest BCUT2D eigenvalue weighted by atomic mass is 14.9. The van der Waals surface area contributed by atoms with Crippen LogP contribution in [0.25, 0.3) is 22.4 Å². The fraction of sp³-hybridized carbons (Fsp3) is 0.320. The number of hydrogen-bond donors (Lipinski definition) is 0. The first-order valence-electron chi connectivity index (χ1n) is 11.1. The summed E-state index contributed by atoms with van der Waals surface area (Å²) in [6, 6.07) is 16.6. The van der Waals surface area contributed by atoms with E-state index in [1.54, 1.807) is 6.07 Å². The molecule has 0 spiro atoms. The van der Waals surface area contributed by atoms with Gasteiger partial charge < -0.3 is 0 Å². The Morgan fingerprint density at radius 1 is 1.00 bits per heavy atom. The Labute approximate surface area is 163 Å². The predicted octanol–water partition coefficient (Wildman–Crippen LogP) is 5.92. The second-order valence-electron chi connectivity index (χ2n) is 7.92. The zero-order valence-electron chi connectivity index (χ0n) is 20.1. The maximum Gasteiger partial charge on any atom is 0.212 e. The molecule has 0 N–H and O–H groups in total. The first-order chi connectivity index (χ1) is 13.9. The molecule has 1 aromatic heterocycles. The first kappa shape index (κ1) is 12.9. The van der Waals surface area contributed by atoms with Crippen molar-refractivity contribution in [3.05, 3.63) is 77.0 Å². The van der Waals surface area contributed by atoms with Crippen LogP contribution in [-0.4, -0.2) is 0 Å². The van der Waals surface area contributed by atoms with Gasteiger partial charge in [-0.1, -0.05) is 58.0 Å². The standard InChI is InChI=1S/C25H28N/c1-16(2)18-11-12-26(6)24(14-18)20-15-21-19-9-7-8-10-22(19)25(4,5)23(21)13-17(20)3/h7-16H,1-6H3/q+1/i1D3,16D. The lowest BCUT2D eigenvalue weighted by Crippen LogP contribution is -2.31. The first-order valence-corrected chi connectivity index (χ1v) is 9.11. The van der Waals surface area contributed by atoms with Crippen LogP contribution in [0.5, 0.6) is 0 Å². The van der Waals surface area contributed by atoms with Gasteiger partial charge in [-0.3, -0.25) is 0 Å². The molecule has 0 radical (unpaired) electrons. The molecule has 1 aliphatic carbocycles. The lowest BCUT2D eigenvalue weighted by Gasteiger charge is -2.22. The Bertz CT molecular complexity index is 1160. The largest absolute Gasteiger partial charge is 0.212 e. The van der Waals surface area contributed by atoms with E-state index < -0.39 is 12.7 Å². The van der Waals surface area contributed by atoms with Crippen molar-refractivity contribution in [1.29, 1.82) is 0 Å². The van der Waals surface area contributed by atoms with E-state index in [9.17, 15) is 0 Å². The molecular formula is C25H28N+. The van der Waals surface area contributed by atoms with Crippen molar-refractivity contribution in [1.82, 2.24) is 0 Å². The minimum absolute atomic E-state index is 0.0553. The van der Waals surface area contributed by atoms with Crippen molar-refractivity contribution < 1.29 is 10.1 Å². The quantitative estimate of drug-likeness (QED) is 0.507. The zero-order chi connectivity index (χ0) is 22.1. The molecule has 4 rings (SSSR count). The fourth-order valence-electron chi connectivity index (χ4n) is 4.20. The molecule has 0 saturated heterocycles. The number of aromatic nitrogens is 1. The van der Waals surface area contributed by atoms with Crippen molar-refractivity contribution in [2.75, 3.05) is 0 Å². The Kier molecular flexibility index (Phi) is 2.87. The van der Waals surface area contributed by atoms with Gasteiger partial charge in [0, 0.05) is 28.6 Å². The van der Waals surface area contributed by atoms with E-state index in [2.05, 4.69) is 57.2 Å². The monoisotopic (exact) mass is 346 g/mol. The molecule has 1 atom stereocenters. The third-order valence-corrected chi connectivity index (χ3v) is 5.79. The van der Waals surface area contributed by atoms with E-state index in [1.165, 1.54) is 29.2 Å². The molecule has 132 valence electrons. The Balaban J connectivity index is 1.94. The summed E-state index contributed by atoms with van der Waals surface area (Å²) < 4.78 is 33.9. The van der Waals surface area contributed by atoms with Crippen LogP contribution in [-0.2, 0) is 12.5 Å². The number of hydrogen-bond acceptors (Lipinski definition) is 0. The molecule has 1 heteroatoms. The Morgan fingerprint density at radius 2 is 1.77 bits per heavy atom. The van der Waals surface area contributed by atoms with E-state index in [1.807, 2.05) is 23.9 Å². The van der Waals surface area contributed by atoms with Gasteiger partial charge in [-0.15, -0.1) is 0 Å². The molecular weight excluding hydrogens is 314 g/mol. The van der Waals surface area contributed by atoms with Gasteiger partial charge in [0.2, 0.25) is 5.69 Å². The van der Waals surface area contributed by atoms with Crippen molar-refractivity contribution >= 4 is 0 Å². The predicted molar refractivity (Wildman–Crippen MR) is 109 cm³/mol. The van der Waals surface area contributed by atoms with Gasteiger partial charge in [0.1, 0.15) is 7.05 Å². The summed E-state index contributed by atoms with van der Waals surface area (Å²) in [4.78, 5) is 0. The molecule has 0 saturated carbocycles. The molecule has 26 heavy (non-hydrogen) atoms. The van der Waals surface area contributed by atoms with E-state index in [0.717, 1.165) is 16.8 Å². The minimum Gasteiger partial charge on any atom is -0.201 e. The summed E-state index contributed by atoms with van der Waals surface area (Å²) in [5, 5.41) is 0. The van der Waals surface area contributed by atoms with Crippen LogP contribution in [0.4, 0.5) is 0 Å². The zero-order valence-corrected chi connectivity index (χ0v) is 16.1. The summed E-state index contributed by atoms with van der Waals surface area (Å²) in [5.74, 6) is -1.67. The summed E-state index contributed by atoms with van der Waals surface area (Å²) in [6.45, 7) is 5.69. The van der Waals surface area contributed by atoms with Gasteiger partial charge in [-0.2, -0.15) is 0 Å². The minimum atomic E-state index is -2.40. The van der Waals surface area contributed by atoms with Crippen LogP contribution < -0.4 is 4.57 Å². The number of rotatable bonds is 2. The van der Waals surface area contributed by atoms with Gasteiger partial charge in [-0.05, 0) is 52.3 Å². The third kappa shape index (κ3) is 2.41. The van der Waals surface area contributed by atoms with Crippen LogP contribution in [0.2, 0.25) is 0 Å². The van der Waals surface area contributed by atoms with Crippen LogP contribution in [0.1, 0.15) is 61.3 Å². The molecule has 0 aliphatic heterocycles. The number of pyridine rings is 1. The molecule has 3 aromatic rings. The highest BCUT2D eigenvalue weighted by Gasteiger charge is 2.36. The van der Waals surface area contributed by atoms with E-state index in [0.29, 0.717) is 5.56 Å². The molecule has 1 aliphatic rings. The molecule has 0 bridgehead atoms. The third-order valence-electron chi connectivity index (χ3n) is 5.79. The van der Waals surface area contributed by atoms with Crippen LogP contribution in [0.3, 0.4) is 0 Å². The van der Waals surface area contributed by atoms with Gasteiger partial charge in [0.25, 0.3) is 0 Å². The molecule has 1 heterocycles. The second kappa shape index (κ2) is 5.81. The fourth-order valence-corrected chi connectivity index (χ4v) is 4.20. The molecule has 0 amide bonds. The normalized spacial score (nSPS) is 19.4. The van der Waals surface area contributed by atoms with Gasteiger partial charge >= 0.3 is 0 Å². The maximum atomic E-state index is 8.50. The van der Waals surface area contributed by atoms with Crippen LogP contribution >= 0.6 is 0 Å². The SMILES string of the molecule is [2H]C([2H])([2H])C([2H])(C)c1cc[n+](C)c(-c2cc3c(cc2C)C(C)(C)c2ccccc2-3)c1. The summed E-state index contributed by atoms with van der Waals surface area (Å²) in [7, 11) is 1.96. The van der Waals surface area contributed by atoms with Crippen LogP contribution in [0, 0.1) is 6.92 Å². The summed E-state index contributed by atoms with van der Waals surface area (Å²) in [5.41, 5.74) is 8.69. The van der Waals surface area contributed by atoms with Crippen molar-refractivity contribution in [2.45, 2.75) is 45.9 Å². The van der Waals surface area contributed by atoms with E-state index in [-0.39, 0.29) is 5.41 Å². The Hall–Kier alpha value is -2.41. The van der Waals surface area contributed by atoms with Gasteiger partial charge in [0.05, 0.1) is 0 Å². The Morgan fingerprint density at radius 3 is 2.54 bits per heavy atom. The van der Waals surface area contributed by atoms with Crippen LogP contribution in [0.15, 0.2) is 54.7 Å². The number of fused-ring (bicyclic) bond motifs is 3. The second-order valence-corrected chi connectivity index (χ2v) is 7.92.